The summed E-state index contributed by atoms with van der Waals surface area (Å²) in [5, 5.41) is 6.19. The Balaban J connectivity index is 3.32. The number of rotatable bonds is 1. The smallest absolute Gasteiger partial charge is 0.293 e. The Kier molecular flexibility index (Phi) is 2.31. The van der Waals surface area contributed by atoms with E-state index in [0.29, 0.717) is 0 Å². The fourth-order valence-corrected chi connectivity index (χ4v) is 0.220. The van der Waals surface area contributed by atoms with Gasteiger partial charge in [0.2, 0.25) is 0 Å². The predicted molar refractivity (Wildman–Crippen MR) is 21.9 cm³/mol. The van der Waals surface area contributed by atoms with Crippen LogP contribution < -0.4 is 5.73 Å². The molecule has 0 spiro atoms. The minimum Gasteiger partial charge on any atom is -0.740 e. The third kappa shape index (κ3) is 5.38. The molecule has 5 nitrogen and oxygen atoms in total. The van der Waals surface area contributed by atoms with Gasteiger partial charge in [0.05, 0.1) is 0 Å². The molecule has 0 heterocycles. The first-order valence-electron chi connectivity index (χ1n) is 1.24. The van der Waals surface area contributed by atoms with Crippen LogP contribution in [0.15, 0.2) is 0 Å². The number of nitrogens with two attached hydrogens (primary N) is 1. The Morgan fingerprint density at radius 2 is 2.43 bits per heavy atom. The van der Waals surface area contributed by atoms with Gasteiger partial charge in [0, 0.05) is 0 Å². The zero-order valence-corrected chi connectivity index (χ0v) is 4.03. The Bertz CT molecular complexity index is 89.1. The highest BCUT2D eigenvalue weighted by molar-refractivity contribution is 7.74. The predicted octanol–water partition coefficient (Wildman–Crippen LogP) is -1.31. The maximum absolute atomic E-state index is 9.37. The van der Waals surface area contributed by atoms with Crippen LogP contribution in [0.5, 0.6) is 0 Å². The molecule has 0 aliphatic heterocycles. The molecule has 7 heavy (non-hydrogen) atoms. The largest absolute Gasteiger partial charge is 0.740 e. The molecule has 0 aromatic heterocycles. The van der Waals surface area contributed by atoms with Gasteiger partial charge >= 0.3 is 0 Å². The fraction of sp³-hybridized carbons (Fsp3) is 0. The van der Waals surface area contributed by atoms with Crippen molar-refractivity contribution < 1.29 is 12.9 Å². The summed E-state index contributed by atoms with van der Waals surface area (Å²) in [6, 6.07) is -0.826. The van der Waals surface area contributed by atoms with Crippen molar-refractivity contribution in [2.45, 2.75) is 0 Å². The summed E-state index contributed by atoms with van der Waals surface area (Å²) in [5.41, 5.74) is 4.46. The highest BCUT2D eigenvalue weighted by Gasteiger charge is 1.82. The second-order valence-electron chi connectivity index (χ2n) is 0.652. The molecule has 0 bridgehead atoms. The van der Waals surface area contributed by atoms with E-state index in [-0.39, 0.29) is 0 Å². The summed E-state index contributed by atoms with van der Waals surface area (Å²) in [4.78, 5) is 0. The summed E-state index contributed by atoms with van der Waals surface area (Å²) in [7, 11) is 0. The highest BCUT2D eigenvalue weighted by Crippen LogP contribution is 1.71. The Morgan fingerprint density at radius 3 is 2.43 bits per heavy atom. The summed E-state index contributed by atoms with van der Waals surface area (Å²) in [6.07, 6.45) is 0. The first kappa shape index (κ1) is 6.38. The van der Waals surface area contributed by atoms with Gasteiger partial charge in [-0.2, -0.15) is 0 Å². The maximum Gasteiger partial charge on any atom is 0.293 e. The van der Waals surface area contributed by atoms with Crippen molar-refractivity contribution in [1.82, 2.24) is 0 Å². The first-order chi connectivity index (χ1) is 3.13. The zero-order valence-electron chi connectivity index (χ0n) is 3.21. The molecule has 0 fully saturated rings. The highest BCUT2D eigenvalue weighted by atomic mass is 32.2. The maximum atomic E-state index is 9.37. The van der Waals surface area contributed by atoms with Crippen LogP contribution in [-0.2, 0) is 15.5 Å². The van der Waals surface area contributed by atoms with Crippen molar-refractivity contribution in [3.63, 3.8) is 0 Å². The lowest BCUT2D eigenvalue weighted by Gasteiger charge is -2.01. The SMILES string of the molecule is N=C(N)OS(=O)[O-]. The van der Waals surface area contributed by atoms with Crippen molar-refractivity contribution in [2.24, 2.45) is 5.73 Å². The Morgan fingerprint density at radius 1 is 2.00 bits per heavy atom. The minimum absolute atomic E-state index is 0.826. The van der Waals surface area contributed by atoms with E-state index in [1.807, 2.05) is 0 Å². The van der Waals surface area contributed by atoms with E-state index >= 15 is 0 Å². The average molecular weight is 123 g/mol. The molecule has 0 aliphatic carbocycles. The lowest BCUT2D eigenvalue weighted by atomic mass is 11.3. The molecule has 0 rings (SSSR count). The first-order valence-corrected chi connectivity index (χ1v) is 2.24. The molecule has 1 unspecified atom stereocenters. The van der Waals surface area contributed by atoms with Gasteiger partial charge in [0.25, 0.3) is 6.02 Å². The second-order valence-corrected chi connectivity index (χ2v) is 1.23. The van der Waals surface area contributed by atoms with E-state index in [1.54, 1.807) is 0 Å². The number of amidine groups is 1. The summed E-state index contributed by atoms with van der Waals surface area (Å²) in [6.45, 7) is 0. The van der Waals surface area contributed by atoms with Crippen LogP contribution in [-0.4, -0.2) is 14.8 Å². The molecule has 3 N–H and O–H groups in total. The van der Waals surface area contributed by atoms with E-state index in [9.17, 15) is 8.76 Å². The number of nitrogens with one attached hydrogen (secondary N) is 1. The van der Waals surface area contributed by atoms with Crippen LogP contribution in [0.2, 0.25) is 0 Å². The quantitative estimate of drug-likeness (QED) is 0.257. The van der Waals surface area contributed by atoms with Crippen LogP contribution in [0.3, 0.4) is 0 Å². The molecule has 42 valence electrons. The van der Waals surface area contributed by atoms with Crippen molar-refractivity contribution >= 4 is 17.4 Å². The monoisotopic (exact) mass is 123 g/mol. The topological polar surface area (TPSA) is 99.2 Å². The van der Waals surface area contributed by atoms with Crippen LogP contribution in [0.25, 0.3) is 0 Å². The van der Waals surface area contributed by atoms with Crippen LogP contribution in [0.4, 0.5) is 0 Å². The van der Waals surface area contributed by atoms with Gasteiger partial charge in [-0.25, -0.2) is 4.21 Å². The van der Waals surface area contributed by atoms with Gasteiger partial charge in [0.1, 0.15) is 11.4 Å². The van der Waals surface area contributed by atoms with Crippen molar-refractivity contribution in [3.05, 3.63) is 0 Å². The normalized spacial score (nSPS) is 12.7. The molecule has 0 aromatic carbocycles. The number of hydrogen-bond donors (Lipinski definition) is 2. The molecular formula is CH3N2O3S-. The Labute approximate surface area is 42.5 Å². The molecular weight excluding hydrogens is 120 g/mol. The van der Waals surface area contributed by atoms with Gasteiger partial charge in [-0.05, 0) is 0 Å². The summed E-state index contributed by atoms with van der Waals surface area (Å²) in [5.74, 6) is 0. The Hall–Kier alpha value is -0.620. The second kappa shape index (κ2) is 2.54. The molecule has 0 saturated heterocycles. The van der Waals surface area contributed by atoms with Gasteiger partial charge in [-0.1, -0.05) is 0 Å². The summed E-state index contributed by atoms with van der Waals surface area (Å²) >= 11 is -2.70. The van der Waals surface area contributed by atoms with Crippen molar-refractivity contribution in [3.8, 4) is 0 Å². The van der Waals surface area contributed by atoms with E-state index in [2.05, 4.69) is 9.92 Å². The minimum atomic E-state index is -2.70. The third-order valence-corrected chi connectivity index (χ3v) is 0.473. The van der Waals surface area contributed by atoms with E-state index in [0.717, 1.165) is 0 Å². The van der Waals surface area contributed by atoms with E-state index in [1.165, 1.54) is 0 Å². The molecule has 0 saturated carbocycles. The molecule has 0 radical (unpaired) electrons. The number of hydrogen-bond acceptors (Lipinski definition) is 4. The zero-order chi connectivity index (χ0) is 5.86. The summed E-state index contributed by atoms with van der Waals surface area (Å²) < 4.78 is 22.3. The van der Waals surface area contributed by atoms with Crippen LogP contribution >= 0.6 is 0 Å². The van der Waals surface area contributed by atoms with Crippen LogP contribution in [0, 0.1) is 5.41 Å². The third-order valence-electron chi connectivity index (χ3n) is 0.158. The molecule has 6 heteroatoms. The van der Waals surface area contributed by atoms with E-state index < -0.39 is 17.4 Å². The molecule has 0 aromatic rings. The van der Waals surface area contributed by atoms with E-state index in [4.69, 9.17) is 5.41 Å². The van der Waals surface area contributed by atoms with Crippen LogP contribution in [0.1, 0.15) is 0 Å². The van der Waals surface area contributed by atoms with Crippen molar-refractivity contribution in [2.75, 3.05) is 0 Å². The lowest BCUT2D eigenvalue weighted by molar-refractivity contribution is 0.432. The van der Waals surface area contributed by atoms with Gasteiger partial charge < -0.3 is 14.5 Å². The molecule has 0 aliphatic rings. The molecule has 1 atom stereocenters. The van der Waals surface area contributed by atoms with Gasteiger partial charge in [0.15, 0.2) is 0 Å². The fourth-order valence-electron chi connectivity index (χ4n) is 0.0733. The van der Waals surface area contributed by atoms with Crippen molar-refractivity contribution in [1.29, 1.82) is 5.41 Å². The average Bonchev–Trinajstić information content (AvgIpc) is 1.27. The van der Waals surface area contributed by atoms with Gasteiger partial charge in [-0.15, -0.1) is 0 Å². The van der Waals surface area contributed by atoms with Gasteiger partial charge in [-0.3, -0.25) is 5.41 Å². The standard InChI is InChI=1S/CH4N2O3S/c2-1(3)6-7(4)5/h(H3,2,3)(H,4,5)/p-1. The lowest BCUT2D eigenvalue weighted by Crippen LogP contribution is -2.15. The molecule has 0 amide bonds.